The molecular weight excluding hydrogens is 216 g/mol. The van der Waals surface area contributed by atoms with E-state index in [0.717, 1.165) is 6.42 Å². The number of nitrogens with two attached hydrogens (primary N) is 1. The molecule has 0 saturated carbocycles. The standard InChI is InChI=1S/C9H15ClN4O/c1-9(2,3)4-5-15-8-13-6(10)12-7(11)14-8/h4-5H2,1-3H3,(H2,11,12,13,14). The van der Waals surface area contributed by atoms with Gasteiger partial charge in [-0.25, -0.2) is 0 Å². The van der Waals surface area contributed by atoms with Crippen molar-refractivity contribution in [1.82, 2.24) is 15.0 Å². The lowest BCUT2D eigenvalue weighted by Crippen LogP contribution is -2.12. The summed E-state index contributed by atoms with van der Waals surface area (Å²) in [6.07, 6.45) is 0.899. The lowest BCUT2D eigenvalue weighted by Gasteiger charge is -2.17. The van der Waals surface area contributed by atoms with Gasteiger partial charge < -0.3 is 10.5 Å². The lowest BCUT2D eigenvalue weighted by molar-refractivity contribution is 0.229. The summed E-state index contributed by atoms with van der Waals surface area (Å²) in [5.41, 5.74) is 5.60. The van der Waals surface area contributed by atoms with Crippen LogP contribution >= 0.6 is 11.6 Å². The van der Waals surface area contributed by atoms with Gasteiger partial charge >= 0.3 is 6.01 Å². The fourth-order valence-corrected chi connectivity index (χ4v) is 1.02. The quantitative estimate of drug-likeness (QED) is 0.859. The Bertz CT molecular complexity index is 317. The van der Waals surface area contributed by atoms with Gasteiger partial charge in [-0.15, -0.1) is 0 Å². The number of hydrogen-bond acceptors (Lipinski definition) is 5. The Hall–Kier alpha value is -1.10. The molecule has 0 spiro atoms. The zero-order chi connectivity index (χ0) is 11.5. The van der Waals surface area contributed by atoms with Crippen LogP contribution in [0.3, 0.4) is 0 Å². The van der Waals surface area contributed by atoms with Crippen molar-refractivity contribution < 1.29 is 4.74 Å². The third-order valence-electron chi connectivity index (χ3n) is 1.69. The minimum absolute atomic E-state index is 0.0493. The van der Waals surface area contributed by atoms with Gasteiger partial charge in [-0.05, 0) is 23.4 Å². The molecule has 0 unspecified atom stereocenters. The molecule has 0 aromatic carbocycles. The van der Waals surface area contributed by atoms with Crippen molar-refractivity contribution in [3.63, 3.8) is 0 Å². The van der Waals surface area contributed by atoms with Crippen molar-refractivity contribution in [2.75, 3.05) is 12.3 Å². The van der Waals surface area contributed by atoms with Crippen LogP contribution in [0.1, 0.15) is 27.2 Å². The van der Waals surface area contributed by atoms with Crippen molar-refractivity contribution in [2.24, 2.45) is 5.41 Å². The van der Waals surface area contributed by atoms with E-state index in [1.165, 1.54) is 0 Å². The number of halogens is 1. The van der Waals surface area contributed by atoms with Crippen LogP contribution in [0.25, 0.3) is 0 Å². The zero-order valence-corrected chi connectivity index (χ0v) is 9.88. The molecule has 6 heteroatoms. The largest absolute Gasteiger partial charge is 0.463 e. The van der Waals surface area contributed by atoms with Crippen molar-refractivity contribution in [3.8, 4) is 6.01 Å². The second kappa shape index (κ2) is 4.61. The SMILES string of the molecule is CC(C)(C)CCOc1nc(N)nc(Cl)n1. The molecule has 0 atom stereocenters. The molecule has 0 amide bonds. The minimum Gasteiger partial charge on any atom is -0.463 e. The first-order chi connectivity index (χ1) is 6.87. The molecule has 15 heavy (non-hydrogen) atoms. The molecule has 0 saturated heterocycles. The fourth-order valence-electron chi connectivity index (χ4n) is 0.859. The summed E-state index contributed by atoms with van der Waals surface area (Å²) in [5.74, 6) is 0.0701. The van der Waals surface area contributed by atoms with Crippen LogP contribution in [0.5, 0.6) is 6.01 Å². The van der Waals surface area contributed by atoms with E-state index < -0.39 is 0 Å². The van der Waals surface area contributed by atoms with Crippen LogP contribution < -0.4 is 10.5 Å². The molecule has 1 aromatic rings. The van der Waals surface area contributed by atoms with Gasteiger partial charge in [0.1, 0.15) is 0 Å². The predicted octanol–water partition coefficient (Wildman–Crippen LogP) is 1.92. The van der Waals surface area contributed by atoms with E-state index in [4.69, 9.17) is 22.1 Å². The number of nitrogens with zero attached hydrogens (tertiary/aromatic N) is 3. The van der Waals surface area contributed by atoms with Crippen LogP contribution in [-0.4, -0.2) is 21.6 Å². The lowest BCUT2D eigenvalue weighted by atomic mass is 9.93. The summed E-state index contributed by atoms with van der Waals surface area (Å²) in [7, 11) is 0. The Morgan fingerprint density at radius 3 is 2.47 bits per heavy atom. The van der Waals surface area contributed by atoms with Gasteiger partial charge in [0.2, 0.25) is 11.2 Å². The number of ether oxygens (including phenoxy) is 1. The summed E-state index contributed by atoms with van der Waals surface area (Å²) in [6.45, 7) is 6.92. The maximum Gasteiger partial charge on any atom is 0.322 e. The molecule has 0 aliphatic carbocycles. The van der Waals surface area contributed by atoms with Crippen LogP contribution in [-0.2, 0) is 0 Å². The van der Waals surface area contributed by atoms with E-state index in [1.54, 1.807) is 0 Å². The van der Waals surface area contributed by atoms with Crippen molar-refractivity contribution in [2.45, 2.75) is 27.2 Å². The third-order valence-corrected chi connectivity index (χ3v) is 1.86. The predicted molar refractivity (Wildman–Crippen MR) is 58.8 cm³/mol. The number of hydrogen-bond donors (Lipinski definition) is 1. The maximum atomic E-state index is 5.60. The minimum atomic E-state index is 0.0493. The van der Waals surface area contributed by atoms with Gasteiger partial charge in [0, 0.05) is 0 Å². The molecule has 1 rings (SSSR count). The van der Waals surface area contributed by atoms with Crippen molar-refractivity contribution in [1.29, 1.82) is 0 Å². The molecule has 0 aliphatic heterocycles. The average molecular weight is 231 g/mol. The Kier molecular flexibility index (Phi) is 3.68. The smallest absolute Gasteiger partial charge is 0.322 e. The van der Waals surface area contributed by atoms with Gasteiger partial charge in [-0.2, -0.15) is 15.0 Å². The monoisotopic (exact) mass is 230 g/mol. The van der Waals surface area contributed by atoms with E-state index in [9.17, 15) is 0 Å². The number of rotatable bonds is 3. The highest BCUT2D eigenvalue weighted by atomic mass is 35.5. The van der Waals surface area contributed by atoms with E-state index in [1.807, 2.05) is 0 Å². The number of anilines is 1. The molecule has 1 aromatic heterocycles. The van der Waals surface area contributed by atoms with Gasteiger partial charge in [-0.3, -0.25) is 0 Å². The highest BCUT2D eigenvalue weighted by molar-refractivity contribution is 6.28. The third kappa shape index (κ3) is 4.78. The second-order valence-corrected chi connectivity index (χ2v) is 4.74. The second-order valence-electron chi connectivity index (χ2n) is 4.40. The molecule has 0 aliphatic rings. The molecule has 2 N–H and O–H groups in total. The molecule has 0 radical (unpaired) electrons. The molecular formula is C9H15ClN4O. The van der Waals surface area contributed by atoms with E-state index in [2.05, 4.69) is 35.7 Å². The highest BCUT2D eigenvalue weighted by Gasteiger charge is 2.11. The van der Waals surface area contributed by atoms with Crippen molar-refractivity contribution >= 4 is 17.5 Å². The molecule has 1 heterocycles. The fraction of sp³-hybridized carbons (Fsp3) is 0.667. The Labute approximate surface area is 94.0 Å². The molecule has 84 valence electrons. The van der Waals surface area contributed by atoms with E-state index in [0.29, 0.717) is 6.61 Å². The van der Waals surface area contributed by atoms with E-state index >= 15 is 0 Å². The summed E-state index contributed by atoms with van der Waals surface area (Å²) in [5, 5.41) is 0.0493. The van der Waals surface area contributed by atoms with E-state index in [-0.39, 0.29) is 22.7 Å². The first kappa shape index (κ1) is 12.0. The topological polar surface area (TPSA) is 73.9 Å². The first-order valence-electron chi connectivity index (χ1n) is 4.67. The van der Waals surface area contributed by atoms with Crippen LogP contribution in [0, 0.1) is 5.41 Å². The number of nitrogen functional groups attached to an aromatic ring is 1. The number of aromatic nitrogens is 3. The van der Waals surface area contributed by atoms with Crippen LogP contribution in [0.15, 0.2) is 0 Å². The summed E-state index contributed by atoms with van der Waals surface area (Å²) in [4.78, 5) is 11.2. The Morgan fingerprint density at radius 2 is 1.93 bits per heavy atom. The summed E-state index contributed by atoms with van der Waals surface area (Å²) >= 11 is 5.60. The molecule has 0 fully saturated rings. The zero-order valence-electron chi connectivity index (χ0n) is 9.12. The summed E-state index contributed by atoms with van der Waals surface area (Å²) in [6, 6.07) is 0.178. The van der Waals surface area contributed by atoms with Gasteiger partial charge in [0.25, 0.3) is 0 Å². The summed E-state index contributed by atoms with van der Waals surface area (Å²) < 4.78 is 5.32. The highest BCUT2D eigenvalue weighted by Crippen LogP contribution is 2.18. The maximum absolute atomic E-state index is 5.60. The van der Waals surface area contributed by atoms with Crippen LogP contribution in [0.2, 0.25) is 5.28 Å². The van der Waals surface area contributed by atoms with Gasteiger partial charge in [-0.1, -0.05) is 20.8 Å². The Balaban J connectivity index is 2.51. The molecule has 0 bridgehead atoms. The molecule has 5 nitrogen and oxygen atoms in total. The Morgan fingerprint density at radius 1 is 1.27 bits per heavy atom. The van der Waals surface area contributed by atoms with Crippen molar-refractivity contribution in [3.05, 3.63) is 5.28 Å². The van der Waals surface area contributed by atoms with Gasteiger partial charge in [0.05, 0.1) is 6.61 Å². The van der Waals surface area contributed by atoms with Gasteiger partial charge in [0.15, 0.2) is 0 Å². The average Bonchev–Trinajstić information content (AvgIpc) is 1.99. The van der Waals surface area contributed by atoms with Crippen LogP contribution in [0.4, 0.5) is 5.95 Å². The first-order valence-corrected chi connectivity index (χ1v) is 5.04. The normalized spacial score (nSPS) is 11.5.